The van der Waals surface area contributed by atoms with Crippen LogP contribution in [-0.4, -0.2) is 22.0 Å². The Morgan fingerprint density at radius 1 is 1.17 bits per heavy atom. The van der Waals surface area contributed by atoms with Crippen LogP contribution in [0.2, 0.25) is 0 Å². The summed E-state index contributed by atoms with van der Waals surface area (Å²) in [5.41, 5.74) is 1.02. The van der Waals surface area contributed by atoms with Crippen LogP contribution in [0.1, 0.15) is 21.3 Å². The van der Waals surface area contributed by atoms with Crippen molar-refractivity contribution in [2.75, 3.05) is 17.7 Å². The van der Waals surface area contributed by atoms with Gasteiger partial charge in [-0.2, -0.15) is 0 Å². The maximum Gasteiger partial charge on any atom is 0.135 e. The van der Waals surface area contributed by atoms with Gasteiger partial charge >= 0.3 is 0 Å². The Balaban J connectivity index is 2.16. The van der Waals surface area contributed by atoms with E-state index in [1.807, 2.05) is 27.1 Å². The van der Waals surface area contributed by atoms with Crippen LogP contribution in [0.5, 0.6) is 0 Å². The maximum atomic E-state index is 4.42. The Hall–Kier alpha value is -1.69. The lowest BCUT2D eigenvalue weighted by molar-refractivity contribution is 0.997. The second-order valence-electron chi connectivity index (χ2n) is 4.06. The predicted octanol–water partition coefficient (Wildman–Crippen LogP) is 2.51. The van der Waals surface area contributed by atoms with Crippen LogP contribution in [0.15, 0.2) is 6.20 Å². The highest BCUT2D eigenvalue weighted by Crippen LogP contribution is 2.20. The molecule has 96 valence electrons. The Labute approximate surface area is 111 Å². The fraction of sp³-hybridized carbons (Fsp3) is 0.417. The lowest BCUT2D eigenvalue weighted by Crippen LogP contribution is -2.08. The fourth-order valence-electron chi connectivity index (χ4n) is 1.69. The van der Waals surface area contributed by atoms with E-state index in [2.05, 4.69) is 32.5 Å². The van der Waals surface area contributed by atoms with Crippen molar-refractivity contribution < 1.29 is 0 Å². The second kappa shape index (κ2) is 5.30. The molecule has 2 aromatic heterocycles. The molecule has 6 heteroatoms. The van der Waals surface area contributed by atoms with Gasteiger partial charge in [0, 0.05) is 23.7 Å². The summed E-state index contributed by atoms with van der Waals surface area (Å²) in [7, 11) is 1.86. The van der Waals surface area contributed by atoms with Crippen molar-refractivity contribution in [1.29, 1.82) is 0 Å². The molecule has 0 aliphatic heterocycles. The average molecular weight is 263 g/mol. The molecule has 0 fully saturated rings. The third-order valence-electron chi connectivity index (χ3n) is 2.57. The molecule has 0 spiro atoms. The quantitative estimate of drug-likeness (QED) is 0.887. The molecule has 0 saturated heterocycles. The molecule has 18 heavy (non-hydrogen) atoms. The zero-order valence-corrected chi connectivity index (χ0v) is 11.9. The number of nitrogens with zero attached hydrogens (tertiary/aromatic N) is 3. The van der Waals surface area contributed by atoms with Gasteiger partial charge in [-0.05, 0) is 20.8 Å². The van der Waals surface area contributed by atoms with Gasteiger partial charge in [-0.1, -0.05) is 0 Å². The number of nitrogens with one attached hydrogen (secondary N) is 2. The summed E-state index contributed by atoms with van der Waals surface area (Å²) < 4.78 is 0. The van der Waals surface area contributed by atoms with E-state index in [0.717, 1.165) is 28.0 Å². The van der Waals surface area contributed by atoms with Gasteiger partial charge in [0.05, 0.1) is 6.54 Å². The summed E-state index contributed by atoms with van der Waals surface area (Å²) in [6.45, 7) is 6.64. The topological polar surface area (TPSA) is 62.7 Å². The highest BCUT2D eigenvalue weighted by Gasteiger charge is 2.08. The summed E-state index contributed by atoms with van der Waals surface area (Å²) in [6, 6.07) is 0. The smallest absolute Gasteiger partial charge is 0.135 e. The maximum absolute atomic E-state index is 4.42. The summed E-state index contributed by atoms with van der Waals surface area (Å²) >= 11 is 1.69. The summed E-state index contributed by atoms with van der Waals surface area (Å²) in [6.07, 6.45) is 1.89. The summed E-state index contributed by atoms with van der Waals surface area (Å²) in [4.78, 5) is 14.3. The van der Waals surface area contributed by atoms with E-state index in [0.29, 0.717) is 6.54 Å². The van der Waals surface area contributed by atoms with E-state index in [4.69, 9.17) is 0 Å². The zero-order valence-electron chi connectivity index (χ0n) is 11.0. The largest absolute Gasteiger partial charge is 0.373 e. The number of aryl methyl sites for hydroxylation is 2. The van der Waals surface area contributed by atoms with Crippen LogP contribution >= 0.6 is 11.3 Å². The van der Waals surface area contributed by atoms with Gasteiger partial charge in [0.1, 0.15) is 22.5 Å². The van der Waals surface area contributed by atoms with Crippen molar-refractivity contribution in [2.24, 2.45) is 0 Å². The second-order valence-corrected chi connectivity index (χ2v) is 5.38. The molecular formula is C12H17N5S. The van der Waals surface area contributed by atoms with Crippen LogP contribution in [0, 0.1) is 20.8 Å². The number of aromatic nitrogens is 3. The lowest BCUT2D eigenvalue weighted by Gasteiger charge is -2.11. The Kier molecular flexibility index (Phi) is 3.76. The van der Waals surface area contributed by atoms with Gasteiger partial charge in [-0.25, -0.2) is 15.0 Å². The fourth-order valence-corrected chi connectivity index (χ4v) is 2.41. The monoisotopic (exact) mass is 263 g/mol. The Bertz CT molecular complexity index is 549. The number of hydrogen-bond acceptors (Lipinski definition) is 6. The standard InChI is InChI=1S/C12H17N5S/c1-7-5-14-10(18-7)6-15-12-8(2)11(13-4)16-9(3)17-12/h5H,6H2,1-4H3,(H2,13,15,16,17). The first-order chi connectivity index (χ1) is 8.60. The minimum Gasteiger partial charge on any atom is -0.373 e. The van der Waals surface area contributed by atoms with Crippen LogP contribution < -0.4 is 10.6 Å². The molecule has 2 N–H and O–H groups in total. The van der Waals surface area contributed by atoms with Crippen LogP contribution in [0.3, 0.4) is 0 Å². The first-order valence-corrected chi connectivity index (χ1v) is 6.60. The summed E-state index contributed by atoms with van der Waals surface area (Å²) in [5.74, 6) is 2.47. The van der Waals surface area contributed by atoms with E-state index in [1.54, 1.807) is 11.3 Å². The highest BCUT2D eigenvalue weighted by molar-refractivity contribution is 7.11. The van der Waals surface area contributed by atoms with Crippen LogP contribution in [0.25, 0.3) is 0 Å². The van der Waals surface area contributed by atoms with Gasteiger partial charge in [0.25, 0.3) is 0 Å². The molecular weight excluding hydrogens is 246 g/mol. The molecule has 0 bridgehead atoms. The van der Waals surface area contributed by atoms with Gasteiger partial charge in [-0.15, -0.1) is 11.3 Å². The highest BCUT2D eigenvalue weighted by atomic mass is 32.1. The Morgan fingerprint density at radius 2 is 1.89 bits per heavy atom. The third-order valence-corrected chi connectivity index (χ3v) is 3.48. The van der Waals surface area contributed by atoms with E-state index < -0.39 is 0 Å². The van der Waals surface area contributed by atoms with Gasteiger partial charge in [0.2, 0.25) is 0 Å². The molecule has 0 saturated carbocycles. The van der Waals surface area contributed by atoms with Gasteiger partial charge in [0.15, 0.2) is 0 Å². The van der Waals surface area contributed by atoms with Crippen LogP contribution in [0.4, 0.5) is 11.6 Å². The predicted molar refractivity (Wildman–Crippen MR) is 75.2 cm³/mol. The summed E-state index contributed by atoms with van der Waals surface area (Å²) in [5, 5.41) is 7.45. The average Bonchev–Trinajstić information content (AvgIpc) is 2.75. The molecule has 0 unspecified atom stereocenters. The first kappa shape index (κ1) is 12.8. The van der Waals surface area contributed by atoms with Gasteiger partial charge < -0.3 is 10.6 Å². The minimum atomic E-state index is 0.693. The van der Waals surface area contributed by atoms with Crippen molar-refractivity contribution in [1.82, 2.24) is 15.0 Å². The number of anilines is 2. The molecule has 0 amide bonds. The van der Waals surface area contributed by atoms with E-state index in [1.165, 1.54) is 4.88 Å². The van der Waals surface area contributed by atoms with Crippen molar-refractivity contribution in [3.05, 3.63) is 27.5 Å². The molecule has 2 aromatic rings. The first-order valence-electron chi connectivity index (χ1n) is 5.78. The molecule has 0 aliphatic rings. The van der Waals surface area contributed by atoms with Crippen LogP contribution in [-0.2, 0) is 6.54 Å². The van der Waals surface area contributed by atoms with Crippen molar-refractivity contribution in [3.63, 3.8) is 0 Å². The van der Waals surface area contributed by atoms with E-state index >= 15 is 0 Å². The van der Waals surface area contributed by atoms with E-state index in [9.17, 15) is 0 Å². The van der Waals surface area contributed by atoms with Gasteiger partial charge in [-0.3, -0.25) is 0 Å². The molecule has 2 rings (SSSR count). The number of thiazole rings is 1. The SMILES string of the molecule is CNc1nc(C)nc(NCc2ncc(C)s2)c1C. The molecule has 0 aliphatic carbocycles. The number of rotatable bonds is 4. The minimum absolute atomic E-state index is 0.693. The molecule has 0 radical (unpaired) electrons. The van der Waals surface area contributed by atoms with Crippen molar-refractivity contribution >= 4 is 23.0 Å². The lowest BCUT2D eigenvalue weighted by atomic mass is 10.3. The molecule has 0 atom stereocenters. The Morgan fingerprint density at radius 3 is 2.50 bits per heavy atom. The normalized spacial score (nSPS) is 10.4. The number of hydrogen-bond donors (Lipinski definition) is 2. The molecule has 0 aromatic carbocycles. The zero-order chi connectivity index (χ0) is 13.1. The van der Waals surface area contributed by atoms with Crippen molar-refractivity contribution in [3.8, 4) is 0 Å². The van der Waals surface area contributed by atoms with E-state index in [-0.39, 0.29) is 0 Å². The molecule has 2 heterocycles. The molecule has 5 nitrogen and oxygen atoms in total. The van der Waals surface area contributed by atoms with Crippen molar-refractivity contribution in [2.45, 2.75) is 27.3 Å². The third kappa shape index (κ3) is 2.76.